The first kappa shape index (κ1) is 15.0. The zero-order chi connectivity index (χ0) is 13.9. The maximum absolute atomic E-state index is 12.5. The van der Waals surface area contributed by atoms with Gasteiger partial charge in [0.2, 0.25) is 10.0 Å². The fourth-order valence-electron chi connectivity index (χ4n) is 1.69. The van der Waals surface area contributed by atoms with E-state index < -0.39 is 10.0 Å². The van der Waals surface area contributed by atoms with Crippen molar-refractivity contribution in [2.75, 3.05) is 19.4 Å². The van der Waals surface area contributed by atoms with E-state index in [9.17, 15) is 8.42 Å². The third-order valence-electron chi connectivity index (χ3n) is 3.35. The van der Waals surface area contributed by atoms with Crippen molar-refractivity contribution in [1.82, 2.24) is 4.31 Å². The minimum absolute atomic E-state index is 0.0417. The summed E-state index contributed by atoms with van der Waals surface area (Å²) in [5.41, 5.74) is 0.625. The fourth-order valence-corrected chi connectivity index (χ4v) is 3.38. The molecule has 0 spiro atoms. The van der Waals surface area contributed by atoms with E-state index in [0.717, 1.165) is 0 Å². The predicted octanol–water partition coefficient (Wildman–Crippen LogP) is 2.39. The number of benzene rings is 1. The molecule has 0 aromatic heterocycles. The lowest BCUT2D eigenvalue weighted by atomic mass is 10.1. The Kier molecular flexibility index (Phi) is 4.76. The van der Waals surface area contributed by atoms with Gasteiger partial charge in [-0.15, -0.1) is 0 Å². The Labute approximate surface area is 110 Å². The summed E-state index contributed by atoms with van der Waals surface area (Å²) in [7, 11) is -0.101. The highest BCUT2D eigenvalue weighted by Crippen LogP contribution is 2.25. The summed E-state index contributed by atoms with van der Waals surface area (Å²) in [4.78, 5) is 0.322. The van der Waals surface area contributed by atoms with Gasteiger partial charge in [-0.05, 0) is 25.0 Å². The van der Waals surface area contributed by atoms with Gasteiger partial charge in [-0.1, -0.05) is 26.0 Å². The van der Waals surface area contributed by atoms with Crippen molar-refractivity contribution >= 4 is 15.7 Å². The molecular weight excluding hydrogens is 248 g/mol. The van der Waals surface area contributed by atoms with Crippen LogP contribution in [-0.4, -0.2) is 32.9 Å². The molecule has 1 unspecified atom stereocenters. The van der Waals surface area contributed by atoms with Gasteiger partial charge in [-0.25, -0.2) is 8.42 Å². The Balaban J connectivity index is 3.21. The average molecular weight is 270 g/mol. The van der Waals surface area contributed by atoms with Crippen LogP contribution in [0.4, 0.5) is 5.69 Å². The Hall–Kier alpha value is -1.07. The molecule has 18 heavy (non-hydrogen) atoms. The van der Waals surface area contributed by atoms with Crippen molar-refractivity contribution in [3.63, 3.8) is 0 Å². The second-order valence-corrected chi connectivity index (χ2v) is 6.72. The maximum atomic E-state index is 12.5. The van der Waals surface area contributed by atoms with Crippen LogP contribution in [0, 0.1) is 5.92 Å². The summed E-state index contributed by atoms with van der Waals surface area (Å²) in [6.45, 7) is 5.95. The molecule has 0 saturated carbocycles. The highest BCUT2D eigenvalue weighted by molar-refractivity contribution is 7.89. The first-order chi connectivity index (χ1) is 8.32. The Morgan fingerprint density at radius 1 is 1.17 bits per heavy atom. The smallest absolute Gasteiger partial charge is 0.245 e. The van der Waals surface area contributed by atoms with Gasteiger partial charge in [0, 0.05) is 20.1 Å². The third kappa shape index (κ3) is 2.84. The molecule has 5 heteroatoms. The van der Waals surface area contributed by atoms with E-state index in [1.807, 2.05) is 26.8 Å². The number of anilines is 1. The van der Waals surface area contributed by atoms with Gasteiger partial charge in [0.05, 0.1) is 5.69 Å². The van der Waals surface area contributed by atoms with Crippen LogP contribution in [0.2, 0.25) is 0 Å². The lowest BCUT2D eigenvalue weighted by Gasteiger charge is -2.27. The Morgan fingerprint density at radius 3 is 2.22 bits per heavy atom. The molecule has 1 aromatic carbocycles. The molecule has 1 N–H and O–H groups in total. The monoisotopic (exact) mass is 270 g/mol. The van der Waals surface area contributed by atoms with Crippen LogP contribution in [0.1, 0.15) is 20.8 Å². The zero-order valence-electron chi connectivity index (χ0n) is 11.6. The molecule has 0 radical (unpaired) electrons. The molecular formula is C13H22N2O2S. The topological polar surface area (TPSA) is 49.4 Å². The van der Waals surface area contributed by atoms with E-state index in [1.54, 1.807) is 32.3 Å². The van der Waals surface area contributed by atoms with Crippen molar-refractivity contribution in [2.24, 2.45) is 5.92 Å². The first-order valence-electron chi connectivity index (χ1n) is 6.07. The Bertz CT molecular complexity index is 497. The molecule has 0 aliphatic carbocycles. The number of sulfonamides is 1. The largest absolute Gasteiger partial charge is 0.387 e. The normalized spacial score (nSPS) is 13.9. The summed E-state index contributed by atoms with van der Waals surface area (Å²) < 4.78 is 26.5. The molecule has 1 rings (SSSR count). The molecule has 0 amide bonds. The van der Waals surface area contributed by atoms with Crippen LogP contribution in [0.15, 0.2) is 29.2 Å². The second-order valence-electron chi connectivity index (χ2n) is 4.75. The zero-order valence-corrected chi connectivity index (χ0v) is 12.5. The van der Waals surface area contributed by atoms with Crippen molar-refractivity contribution in [3.05, 3.63) is 24.3 Å². The van der Waals surface area contributed by atoms with E-state index >= 15 is 0 Å². The van der Waals surface area contributed by atoms with Gasteiger partial charge in [-0.3, -0.25) is 0 Å². The molecule has 0 saturated heterocycles. The van der Waals surface area contributed by atoms with E-state index in [0.29, 0.717) is 10.6 Å². The third-order valence-corrected chi connectivity index (χ3v) is 5.35. The second kappa shape index (κ2) is 5.71. The lowest BCUT2D eigenvalue weighted by Crippen LogP contribution is -2.38. The lowest BCUT2D eigenvalue weighted by molar-refractivity contribution is 0.316. The Morgan fingerprint density at radius 2 is 1.72 bits per heavy atom. The van der Waals surface area contributed by atoms with Crippen molar-refractivity contribution in [2.45, 2.75) is 31.7 Å². The van der Waals surface area contributed by atoms with Crippen LogP contribution in [0.5, 0.6) is 0 Å². The highest BCUT2D eigenvalue weighted by Gasteiger charge is 2.28. The van der Waals surface area contributed by atoms with E-state index in [-0.39, 0.29) is 12.0 Å². The van der Waals surface area contributed by atoms with Crippen molar-refractivity contribution < 1.29 is 8.42 Å². The molecule has 1 aromatic rings. The van der Waals surface area contributed by atoms with Gasteiger partial charge in [0.25, 0.3) is 0 Å². The van der Waals surface area contributed by atoms with E-state index in [1.165, 1.54) is 4.31 Å². The summed E-state index contributed by atoms with van der Waals surface area (Å²) in [5, 5.41) is 2.92. The summed E-state index contributed by atoms with van der Waals surface area (Å²) in [6.07, 6.45) is 0. The molecule has 0 bridgehead atoms. The maximum Gasteiger partial charge on any atom is 0.245 e. The predicted molar refractivity (Wildman–Crippen MR) is 75.2 cm³/mol. The van der Waals surface area contributed by atoms with Crippen LogP contribution >= 0.6 is 0 Å². The molecule has 102 valence electrons. The minimum Gasteiger partial charge on any atom is -0.387 e. The van der Waals surface area contributed by atoms with Crippen LogP contribution in [0.25, 0.3) is 0 Å². The number of nitrogens with zero attached hydrogens (tertiary/aromatic N) is 1. The number of nitrogens with one attached hydrogen (secondary N) is 1. The summed E-state index contributed by atoms with van der Waals surface area (Å²) >= 11 is 0. The van der Waals surface area contributed by atoms with E-state index in [2.05, 4.69) is 5.32 Å². The minimum atomic E-state index is -3.46. The van der Waals surface area contributed by atoms with Gasteiger partial charge < -0.3 is 5.32 Å². The van der Waals surface area contributed by atoms with Gasteiger partial charge in [0.15, 0.2) is 0 Å². The molecule has 0 aliphatic rings. The quantitative estimate of drug-likeness (QED) is 0.893. The van der Waals surface area contributed by atoms with Crippen LogP contribution < -0.4 is 5.32 Å². The molecule has 0 aliphatic heterocycles. The summed E-state index contributed by atoms with van der Waals surface area (Å²) in [5.74, 6) is 0.270. The number of para-hydroxylation sites is 1. The number of rotatable bonds is 5. The van der Waals surface area contributed by atoms with Crippen molar-refractivity contribution in [3.8, 4) is 0 Å². The highest BCUT2D eigenvalue weighted by atomic mass is 32.2. The molecule has 0 fully saturated rings. The fraction of sp³-hybridized carbons (Fsp3) is 0.538. The van der Waals surface area contributed by atoms with Gasteiger partial charge >= 0.3 is 0 Å². The summed E-state index contributed by atoms with van der Waals surface area (Å²) in [6, 6.07) is 6.91. The van der Waals surface area contributed by atoms with Gasteiger partial charge in [-0.2, -0.15) is 4.31 Å². The number of hydrogen-bond acceptors (Lipinski definition) is 3. The first-order valence-corrected chi connectivity index (χ1v) is 7.51. The molecule has 0 heterocycles. The number of hydrogen-bond donors (Lipinski definition) is 1. The van der Waals surface area contributed by atoms with Gasteiger partial charge in [0.1, 0.15) is 4.90 Å². The SMILES string of the molecule is CNc1ccccc1S(=O)(=O)N(C)C(C)C(C)C. The molecule has 1 atom stereocenters. The average Bonchev–Trinajstić information content (AvgIpc) is 2.36. The van der Waals surface area contributed by atoms with Crippen LogP contribution in [-0.2, 0) is 10.0 Å². The van der Waals surface area contributed by atoms with Crippen LogP contribution in [0.3, 0.4) is 0 Å². The molecule has 4 nitrogen and oxygen atoms in total. The standard InChI is InChI=1S/C13H22N2O2S/c1-10(2)11(3)15(5)18(16,17)13-9-7-6-8-12(13)14-4/h6-11,14H,1-5H3. The van der Waals surface area contributed by atoms with Crippen molar-refractivity contribution in [1.29, 1.82) is 0 Å². The van der Waals surface area contributed by atoms with E-state index in [4.69, 9.17) is 0 Å².